The van der Waals surface area contributed by atoms with Gasteiger partial charge in [-0.05, 0) is 42.3 Å². The van der Waals surface area contributed by atoms with Crippen LogP contribution in [-0.2, 0) is 4.79 Å². The molecular formula is C22H23N3O5. The van der Waals surface area contributed by atoms with E-state index in [4.69, 9.17) is 14.0 Å². The molecule has 1 atom stereocenters. The predicted octanol–water partition coefficient (Wildman–Crippen LogP) is 3.80. The number of methoxy groups -OCH3 is 1. The Morgan fingerprint density at radius 2 is 1.77 bits per heavy atom. The smallest absolute Gasteiger partial charge is 0.308 e. The van der Waals surface area contributed by atoms with E-state index in [1.165, 1.54) is 6.92 Å². The fourth-order valence-corrected chi connectivity index (χ4v) is 2.85. The molecule has 30 heavy (non-hydrogen) atoms. The maximum absolute atomic E-state index is 12.9. The van der Waals surface area contributed by atoms with Crippen LogP contribution in [0.5, 0.6) is 11.5 Å². The van der Waals surface area contributed by atoms with Crippen LogP contribution >= 0.6 is 0 Å². The summed E-state index contributed by atoms with van der Waals surface area (Å²) in [5.41, 5.74) is 1.01. The van der Waals surface area contributed by atoms with Crippen LogP contribution in [0.4, 0.5) is 0 Å². The Labute approximate surface area is 174 Å². The molecule has 1 aromatic heterocycles. The first-order valence-electron chi connectivity index (χ1n) is 9.45. The Morgan fingerprint density at radius 3 is 2.40 bits per heavy atom. The lowest BCUT2D eigenvalue weighted by Crippen LogP contribution is -2.32. The molecule has 1 heterocycles. The van der Waals surface area contributed by atoms with Crippen LogP contribution in [0.15, 0.2) is 53.1 Å². The second kappa shape index (κ2) is 9.21. The highest BCUT2D eigenvalue weighted by atomic mass is 16.5. The number of esters is 1. The second-order valence-corrected chi connectivity index (χ2v) is 6.97. The minimum Gasteiger partial charge on any atom is -0.497 e. The number of hydrogen-bond donors (Lipinski definition) is 1. The molecule has 2 aromatic carbocycles. The summed E-state index contributed by atoms with van der Waals surface area (Å²) in [4.78, 5) is 28.7. The van der Waals surface area contributed by atoms with E-state index < -0.39 is 17.9 Å². The van der Waals surface area contributed by atoms with Crippen LogP contribution in [-0.4, -0.2) is 29.1 Å². The minimum absolute atomic E-state index is 0.0287. The van der Waals surface area contributed by atoms with Gasteiger partial charge in [0.15, 0.2) is 0 Å². The SMILES string of the molecule is COc1ccc(-c2noc([C@H](NC(=O)c3ccccc3OC(C)=O)C(C)C)n2)cc1. The molecular weight excluding hydrogens is 386 g/mol. The van der Waals surface area contributed by atoms with Crippen molar-refractivity contribution in [1.29, 1.82) is 0 Å². The molecule has 8 heteroatoms. The highest BCUT2D eigenvalue weighted by Crippen LogP contribution is 2.26. The highest BCUT2D eigenvalue weighted by Gasteiger charge is 2.26. The number of carbonyl (C=O) groups is 2. The molecule has 0 bridgehead atoms. The van der Waals surface area contributed by atoms with Crippen LogP contribution in [0.1, 0.15) is 43.1 Å². The number of rotatable bonds is 7. The molecule has 0 radical (unpaired) electrons. The number of amides is 1. The van der Waals surface area contributed by atoms with E-state index in [1.807, 2.05) is 26.0 Å². The molecule has 156 valence electrons. The lowest BCUT2D eigenvalue weighted by Gasteiger charge is -2.19. The van der Waals surface area contributed by atoms with Gasteiger partial charge in [0.05, 0.1) is 12.7 Å². The monoisotopic (exact) mass is 409 g/mol. The van der Waals surface area contributed by atoms with Crippen molar-refractivity contribution in [1.82, 2.24) is 15.5 Å². The molecule has 8 nitrogen and oxygen atoms in total. The zero-order chi connectivity index (χ0) is 21.7. The van der Waals surface area contributed by atoms with E-state index in [0.29, 0.717) is 5.82 Å². The van der Waals surface area contributed by atoms with Crippen molar-refractivity contribution in [3.05, 3.63) is 60.0 Å². The maximum atomic E-state index is 12.9. The molecule has 0 unspecified atom stereocenters. The van der Waals surface area contributed by atoms with E-state index in [1.54, 1.807) is 43.5 Å². The number of benzene rings is 2. The third-order valence-electron chi connectivity index (χ3n) is 4.39. The summed E-state index contributed by atoms with van der Waals surface area (Å²) in [5, 5.41) is 6.93. The van der Waals surface area contributed by atoms with E-state index in [9.17, 15) is 9.59 Å². The summed E-state index contributed by atoms with van der Waals surface area (Å²) >= 11 is 0. The summed E-state index contributed by atoms with van der Waals surface area (Å²) in [6.07, 6.45) is 0. The van der Waals surface area contributed by atoms with Crippen LogP contribution < -0.4 is 14.8 Å². The van der Waals surface area contributed by atoms with E-state index in [0.717, 1.165) is 11.3 Å². The van der Waals surface area contributed by atoms with Crippen molar-refractivity contribution in [2.75, 3.05) is 7.11 Å². The molecule has 0 aliphatic heterocycles. The minimum atomic E-state index is -0.526. The number of hydrogen-bond acceptors (Lipinski definition) is 7. The van der Waals surface area contributed by atoms with Gasteiger partial charge in [0.2, 0.25) is 11.7 Å². The summed E-state index contributed by atoms with van der Waals surface area (Å²) in [6.45, 7) is 5.14. The molecule has 0 aliphatic carbocycles. The number of para-hydroxylation sites is 1. The summed E-state index contributed by atoms with van der Waals surface area (Å²) in [5.74, 6) is 0.670. The average Bonchev–Trinajstić information content (AvgIpc) is 3.21. The van der Waals surface area contributed by atoms with Crippen molar-refractivity contribution in [2.45, 2.75) is 26.8 Å². The predicted molar refractivity (Wildman–Crippen MR) is 109 cm³/mol. The Morgan fingerprint density at radius 1 is 1.07 bits per heavy atom. The molecule has 1 amide bonds. The molecule has 0 saturated carbocycles. The lowest BCUT2D eigenvalue weighted by molar-refractivity contribution is -0.131. The van der Waals surface area contributed by atoms with Gasteiger partial charge in [-0.1, -0.05) is 31.1 Å². The number of ether oxygens (including phenoxy) is 2. The van der Waals surface area contributed by atoms with Crippen molar-refractivity contribution < 1.29 is 23.6 Å². The molecule has 3 aromatic rings. The van der Waals surface area contributed by atoms with Crippen LogP contribution in [0, 0.1) is 5.92 Å². The zero-order valence-corrected chi connectivity index (χ0v) is 17.2. The molecule has 0 fully saturated rings. The Balaban J connectivity index is 1.83. The van der Waals surface area contributed by atoms with Crippen LogP contribution in [0.3, 0.4) is 0 Å². The molecule has 0 aliphatic rings. The Hall–Kier alpha value is -3.68. The standard InChI is InChI=1S/C22H23N3O5/c1-13(2)19(23-21(27)17-7-5-6-8-18(17)29-14(3)26)22-24-20(25-30-22)15-9-11-16(28-4)12-10-15/h5-13,19H,1-4H3,(H,23,27)/t19-/m1/s1. The van der Waals surface area contributed by atoms with E-state index in [-0.39, 0.29) is 23.1 Å². The van der Waals surface area contributed by atoms with Gasteiger partial charge >= 0.3 is 5.97 Å². The molecule has 1 N–H and O–H groups in total. The number of aromatic nitrogens is 2. The molecule has 0 spiro atoms. The molecule has 0 saturated heterocycles. The summed E-state index contributed by atoms with van der Waals surface area (Å²) < 4.78 is 15.7. The van der Waals surface area contributed by atoms with Gasteiger partial charge in [0, 0.05) is 12.5 Å². The number of carbonyl (C=O) groups excluding carboxylic acids is 2. The topological polar surface area (TPSA) is 104 Å². The van der Waals surface area contributed by atoms with Crippen molar-refractivity contribution in [3.63, 3.8) is 0 Å². The maximum Gasteiger partial charge on any atom is 0.308 e. The second-order valence-electron chi connectivity index (χ2n) is 6.97. The zero-order valence-electron chi connectivity index (χ0n) is 17.2. The Bertz CT molecular complexity index is 1030. The first kappa shape index (κ1) is 21.0. The number of nitrogens with one attached hydrogen (secondary N) is 1. The van der Waals surface area contributed by atoms with Gasteiger partial charge in [-0.25, -0.2) is 0 Å². The fourth-order valence-electron chi connectivity index (χ4n) is 2.85. The van der Waals surface area contributed by atoms with E-state index in [2.05, 4.69) is 15.5 Å². The van der Waals surface area contributed by atoms with Gasteiger partial charge in [-0.15, -0.1) is 0 Å². The Kier molecular flexibility index (Phi) is 6.46. The third-order valence-corrected chi connectivity index (χ3v) is 4.39. The van der Waals surface area contributed by atoms with Gasteiger partial charge in [0.1, 0.15) is 17.5 Å². The largest absolute Gasteiger partial charge is 0.497 e. The molecule has 3 rings (SSSR count). The van der Waals surface area contributed by atoms with E-state index >= 15 is 0 Å². The fraction of sp³-hybridized carbons (Fsp3) is 0.273. The first-order valence-corrected chi connectivity index (χ1v) is 9.45. The number of nitrogens with zero attached hydrogens (tertiary/aromatic N) is 2. The summed E-state index contributed by atoms with van der Waals surface area (Å²) in [7, 11) is 1.59. The third kappa shape index (κ3) is 4.83. The van der Waals surface area contributed by atoms with Gasteiger partial charge in [-0.2, -0.15) is 4.98 Å². The average molecular weight is 409 g/mol. The van der Waals surface area contributed by atoms with Gasteiger partial charge in [-0.3, -0.25) is 9.59 Å². The van der Waals surface area contributed by atoms with Gasteiger partial charge in [0.25, 0.3) is 5.91 Å². The van der Waals surface area contributed by atoms with Crippen molar-refractivity contribution >= 4 is 11.9 Å². The van der Waals surface area contributed by atoms with Crippen LogP contribution in [0.25, 0.3) is 11.4 Å². The van der Waals surface area contributed by atoms with Crippen molar-refractivity contribution in [3.8, 4) is 22.9 Å². The normalized spacial score (nSPS) is 11.8. The lowest BCUT2D eigenvalue weighted by atomic mass is 10.0. The van der Waals surface area contributed by atoms with Crippen LogP contribution in [0.2, 0.25) is 0 Å². The highest BCUT2D eigenvalue weighted by molar-refractivity contribution is 5.97. The quantitative estimate of drug-likeness (QED) is 0.467. The summed E-state index contributed by atoms with van der Waals surface area (Å²) in [6, 6.07) is 13.3. The van der Waals surface area contributed by atoms with Gasteiger partial charge < -0.3 is 19.3 Å². The first-order chi connectivity index (χ1) is 14.4. The van der Waals surface area contributed by atoms with Crippen molar-refractivity contribution in [2.24, 2.45) is 5.92 Å².